The largest absolute Gasteiger partial charge is 0.508 e. The number of aryl methyl sites for hydroxylation is 1. The minimum absolute atomic E-state index is 0.110. The van der Waals surface area contributed by atoms with E-state index in [0.717, 1.165) is 27.3 Å². The normalized spacial score (nSPS) is 24.3. The van der Waals surface area contributed by atoms with Gasteiger partial charge >= 0.3 is 0 Å². The number of aromatic hydroxyl groups is 1. The van der Waals surface area contributed by atoms with Gasteiger partial charge < -0.3 is 19.3 Å². The number of rotatable bonds is 10. The fraction of sp³-hybridized carbons (Fsp3) is 0.240. The lowest BCUT2D eigenvalue weighted by atomic mass is 9.49. The van der Waals surface area contributed by atoms with E-state index in [1.54, 1.807) is 38.5 Å². The molecule has 0 spiro atoms. The van der Waals surface area contributed by atoms with Crippen molar-refractivity contribution in [2.45, 2.75) is 31.1 Å². The third-order valence-corrected chi connectivity index (χ3v) is 13.0. The fourth-order valence-corrected chi connectivity index (χ4v) is 10.1. The number of imide groups is 2. The van der Waals surface area contributed by atoms with E-state index in [9.17, 15) is 19.5 Å². The molecule has 3 fully saturated rings. The van der Waals surface area contributed by atoms with Gasteiger partial charge in [-0.25, -0.2) is 0 Å². The van der Waals surface area contributed by atoms with Gasteiger partial charge in [0.15, 0.2) is 0 Å². The number of amides is 4. The van der Waals surface area contributed by atoms with Gasteiger partial charge in [0.1, 0.15) is 23.0 Å². The Balaban J connectivity index is 1.11. The Morgan fingerprint density at radius 2 is 1.44 bits per heavy atom. The molecule has 2 heterocycles. The van der Waals surface area contributed by atoms with Crippen LogP contribution in [0.5, 0.6) is 23.0 Å². The Labute approximate surface area is 353 Å². The molecule has 1 saturated carbocycles. The molecule has 4 aliphatic rings. The molecule has 0 bridgehead atoms. The molecule has 4 amide bonds. The summed E-state index contributed by atoms with van der Waals surface area (Å²) in [4.78, 5) is 60.9. The molecular formula is C50H45N3O8. The van der Waals surface area contributed by atoms with Gasteiger partial charge in [-0.2, -0.15) is 5.01 Å². The molecule has 2 saturated heterocycles. The summed E-state index contributed by atoms with van der Waals surface area (Å²) >= 11 is 0. The second-order valence-corrected chi connectivity index (χ2v) is 16.1. The number of allylic oxidation sites excluding steroid dienone is 2. The first-order valence-corrected chi connectivity index (χ1v) is 20.3. The van der Waals surface area contributed by atoms with Gasteiger partial charge in [0.05, 0.1) is 55.9 Å². The first kappa shape index (κ1) is 39.3. The summed E-state index contributed by atoms with van der Waals surface area (Å²) in [7, 11) is 4.71. The molecule has 308 valence electrons. The van der Waals surface area contributed by atoms with Crippen molar-refractivity contribution < 1.29 is 38.5 Å². The number of methoxy groups -OCH3 is 3. The molecule has 2 aliphatic carbocycles. The number of phenols is 1. The van der Waals surface area contributed by atoms with Crippen LogP contribution >= 0.6 is 0 Å². The van der Waals surface area contributed by atoms with Crippen molar-refractivity contribution in [1.29, 1.82) is 0 Å². The number of phenolic OH excluding ortho intramolecular Hbond substituents is 1. The van der Waals surface area contributed by atoms with Crippen LogP contribution in [0, 0.1) is 30.6 Å². The zero-order valence-corrected chi connectivity index (χ0v) is 34.2. The summed E-state index contributed by atoms with van der Waals surface area (Å²) in [5.41, 5.74) is 7.07. The molecular weight excluding hydrogens is 771 g/mol. The number of benzene rings is 5. The third kappa shape index (κ3) is 6.34. The molecule has 2 N–H and O–H groups in total. The molecule has 0 aromatic heterocycles. The van der Waals surface area contributed by atoms with Crippen molar-refractivity contribution in [1.82, 2.24) is 5.01 Å². The van der Waals surface area contributed by atoms with Crippen LogP contribution in [0.1, 0.15) is 46.6 Å². The fourth-order valence-electron chi connectivity index (χ4n) is 10.1. The Morgan fingerprint density at radius 3 is 2.13 bits per heavy atom. The topological polar surface area (TPSA) is 135 Å². The average Bonchev–Trinajstić information content (AvgIpc) is 3.67. The van der Waals surface area contributed by atoms with Gasteiger partial charge in [-0.3, -0.25) is 29.5 Å². The Kier molecular flexibility index (Phi) is 9.97. The monoisotopic (exact) mass is 815 g/mol. The van der Waals surface area contributed by atoms with Crippen LogP contribution in [0.15, 0.2) is 127 Å². The number of hydrazine groups is 1. The van der Waals surface area contributed by atoms with Crippen molar-refractivity contribution in [2.24, 2.45) is 23.7 Å². The van der Waals surface area contributed by atoms with Gasteiger partial charge in [-0.15, -0.1) is 0 Å². The highest BCUT2D eigenvalue weighted by Crippen LogP contribution is 2.65. The van der Waals surface area contributed by atoms with E-state index >= 15 is 4.79 Å². The average molecular weight is 816 g/mol. The maximum absolute atomic E-state index is 15.4. The summed E-state index contributed by atoms with van der Waals surface area (Å²) in [6, 6.07) is 34.3. The predicted octanol–water partition coefficient (Wildman–Crippen LogP) is 8.09. The van der Waals surface area contributed by atoms with Crippen molar-refractivity contribution >= 4 is 47.2 Å². The van der Waals surface area contributed by atoms with Crippen LogP contribution in [-0.4, -0.2) is 55.1 Å². The van der Waals surface area contributed by atoms with Crippen LogP contribution in [-0.2, 0) is 24.6 Å². The summed E-state index contributed by atoms with van der Waals surface area (Å²) in [5, 5.41) is 12.9. The molecule has 2 aliphatic heterocycles. The van der Waals surface area contributed by atoms with Crippen LogP contribution in [0.4, 0.5) is 11.4 Å². The van der Waals surface area contributed by atoms with Gasteiger partial charge in [0.25, 0.3) is 11.8 Å². The molecule has 6 atom stereocenters. The molecule has 9 rings (SSSR count). The molecule has 11 nitrogen and oxygen atoms in total. The van der Waals surface area contributed by atoms with Crippen molar-refractivity contribution in [3.8, 4) is 23.0 Å². The number of nitrogens with one attached hydrogen (secondary N) is 1. The van der Waals surface area contributed by atoms with Crippen LogP contribution < -0.4 is 24.5 Å². The number of carbonyl (C=O) groups excluding carboxylic acids is 4. The third-order valence-electron chi connectivity index (χ3n) is 13.0. The molecule has 0 radical (unpaired) electrons. The summed E-state index contributed by atoms with van der Waals surface area (Å²) in [6.45, 7) is 1.95. The summed E-state index contributed by atoms with van der Waals surface area (Å²) < 4.78 is 16.4. The number of anilines is 2. The minimum atomic E-state index is -1.51. The van der Waals surface area contributed by atoms with Crippen LogP contribution in [0.3, 0.4) is 0 Å². The van der Waals surface area contributed by atoms with Crippen molar-refractivity contribution in [3.05, 3.63) is 155 Å². The lowest BCUT2D eigenvalue weighted by molar-refractivity contribution is -0.138. The molecule has 6 unspecified atom stereocenters. The van der Waals surface area contributed by atoms with E-state index in [1.807, 2.05) is 110 Å². The van der Waals surface area contributed by atoms with E-state index in [2.05, 4.69) is 5.43 Å². The quantitative estimate of drug-likeness (QED) is 0.0815. The minimum Gasteiger partial charge on any atom is -0.508 e. The number of ether oxygens (including phenoxy) is 3. The van der Waals surface area contributed by atoms with Gasteiger partial charge in [0.2, 0.25) is 11.8 Å². The Hall–Kier alpha value is -7.14. The van der Waals surface area contributed by atoms with Gasteiger partial charge in [-0.1, -0.05) is 90.0 Å². The maximum atomic E-state index is 15.4. The van der Waals surface area contributed by atoms with Gasteiger partial charge in [-0.05, 0) is 85.3 Å². The standard InChI is InChI=1S/C50H45N3O8/c1-29-10-16-33(17-11-29)51-53-47(56)41-28-40-37(45(38-22-20-36(60-3)27-42(38)54)50(41,49(53)58)32-8-6-5-7-9-32)23-24-39-44(40)48(57)52(46(39)55)34-18-13-30(14-19-34)12-15-31-26-35(59-2)21-25-43(31)61-4/h5-23,25-27,39-41,44-45,51,54H,24,28H2,1-4H3. The summed E-state index contributed by atoms with van der Waals surface area (Å²) in [5.74, 6) is -3.80. The van der Waals surface area contributed by atoms with Crippen LogP contribution in [0.25, 0.3) is 12.2 Å². The highest BCUT2D eigenvalue weighted by atomic mass is 16.5. The first-order chi connectivity index (χ1) is 29.6. The number of hydrogen-bond donors (Lipinski definition) is 2. The highest BCUT2D eigenvalue weighted by Gasteiger charge is 2.70. The Morgan fingerprint density at radius 1 is 0.738 bits per heavy atom. The SMILES string of the molecule is COc1ccc(C2C3=CCC4C(=O)N(c5ccc(C=Cc6cc(OC)ccc6OC)cc5)C(=O)C4C3CC3C(=O)N(Nc4ccc(C)cc4)C(=O)C32c2ccccc2)c(O)c1. The van der Waals surface area contributed by atoms with Crippen LogP contribution in [0.2, 0.25) is 0 Å². The van der Waals surface area contributed by atoms with Crippen molar-refractivity contribution in [2.75, 3.05) is 31.7 Å². The first-order valence-electron chi connectivity index (χ1n) is 20.3. The number of carbonyl (C=O) groups is 4. The van der Waals surface area contributed by atoms with E-state index in [0.29, 0.717) is 39.8 Å². The molecule has 5 aromatic carbocycles. The zero-order chi connectivity index (χ0) is 42.6. The van der Waals surface area contributed by atoms with E-state index in [-0.39, 0.29) is 30.4 Å². The lowest BCUT2D eigenvalue weighted by Crippen LogP contribution is -2.53. The highest BCUT2D eigenvalue weighted by molar-refractivity contribution is 6.22. The molecule has 11 heteroatoms. The maximum Gasteiger partial charge on any atom is 0.260 e. The number of nitrogens with zero attached hydrogens (tertiary/aromatic N) is 2. The number of hydrogen-bond acceptors (Lipinski definition) is 9. The van der Waals surface area contributed by atoms with Gasteiger partial charge in [0, 0.05) is 23.1 Å². The van der Waals surface area contributed by atoms with E-state index < -0.39 is 46.8 Å². The Bertz CT molecular complexity index is 2620. The smallest absolute Gasteiger partial charge is 0.260 e. The predicted molar refractivity (Wildman–Crippen MR) is 231 cm³/mol. The number of fused-ring (bicyclic) bond motifs is 4. The van der Waals surface area contributed by atoms with E-state index in [4.69, 9.17) is 14.2 Å². The molecule has 5 aromatic rings. The lowest BCUT2D eigenvalue weighted by Gasteiger charge is -2.50. The molecule has 61 heavy (non-hydrogen) atoms. The van der Waals surface area contributed by atoms with Crippen molar-refractivity contribution in [3.63, 3.8) is 0 Å². The second-order valence-electron chi connectivity index (χ2n) is 16.1. The van der Waals surface area contributed by atoms with E-state index in [1.165, 1.54) is 18.1 Å². The zero-order valence-electron chi connectivity index (χ0n) is 34.2. The second kappa shape index (κ2) is 15.5. The summed E-state index contributed by atoms with van der Waals surface area (Å²) in [6.07, 6.45) is 6.18.